The number of hydrogen-bond donors (Lipinski definition) is 2. The molecule has 2 aromatic heterocycles. The Hall–Kier alpha value is -2.57. The first-order valence-electron chi connectivity index (χ1n) is 7.12. The van der Waals surface area contributed by atoms with Crippen molar-refractivity contribution in [1.82, 2.24) is 20.5 Å². The van der Waals surface area contributed by atoms with E-state index in [1.807, 2.05) is 6.20 Å². The van der Waals surface area contributed by atoms with Gasteiger partial charge in [-0.2, -0.15) is 10.1 Å². The Balaban J connectivity index is 1.72. The summed E-state index contributed by atoms with van der Waals surface area (Å²) in [4.78, 5) is 16.6. The zero-order valence-corrected chi connectivity index (χ0v) is 12.5. The summed E-state index contributed by atoms with van der Waals surface area (Å²) in [5, 5.41) is 10.1. The first-order valence-corrected chi connectivity index (χ1v) is 7.12. The van der Waals surface area contributed by atoms with E-state index in [9.17, 15) is 4.79 Å². The Bertz CT molecular complexity index is 683. The third kappa shape index (κ3) is 2.74. The molecule has 22 heavy (non-hydrogen) atoms. The number of nitrogens with one attached hydrogen (secondary N) is 2. The molecule has 0 spiro atoms. The van der Waals surface area contributed by atoms with E-state index < -0.39 is 0 Å². The second-order valence-electron chi connectivity index (χ2n) is 5.20. The van der Waals surface area contributed by atoms with Crippen molar-refractivity contribution in [3.63, 3.8) is 0 Å². The molecule has 2 N–H and O–H groups in total. The second kappa shape index (κ2) is 6.05. The molecule has 0 aromatic carbocycles. The van der Waals surface area contributed by atoms with Crippen LogP contribution in [-0.2, 0) is 12.8 Å². The van der Waals surface area contributed by atoms with Gasteiger partial charge < -0.3 is 14.8 Å². The van der Waals surface area contributed by atoms with Crippen LogP contribution < -0.4 is 14.8 Å². The number of aromatic amines is 1. The Kier molecular flexibility index (Phi) is 3.95. The number of amides is 1. The van der Waals surface area contributed by atoms with Gasteiger partial charge in [-0.25, -0.2) is 0 Å². The summed E-state index contributed by atoms with van der Waals surface area (Å²) >= 11 is 0. The van der Waals surface area contributed by atoms with Gasteiger partial charge in [-0.3, -0.25) is 9.89 Å². The molecule has 0 saturated carbocycles. The third-order valence-electron chi connectivity index (χ3n) is 3.84. The van der Waals surface area contributed by atoms with E-state index in [4.69, 9.17) is 9.47 Å². The lowest BCUT2D eigenvalue weighted by atomic mass is 9.93. The van der Waals surface area contributed by atoms with Crippen LogP contribution in [0.1, 0.15) is 28.0 Å². The lowest BCUT2D eigenvalue weighted by molar-refractivity contribution is 0.0929. The van der Waals surface area contributed by atoms with Crippen molar-refractivity contribution in [3.8, 4) is 11.8 Å². The third-order valence-corrected chi connectivity index (χ3v) is 3.84. The zero-order valence-electron chi connectivity index (χ0n) is 12.5. The van der Waals surface area contributed by atoms with Crippen LogP contribution in [0.5, 0.6) is 11.8 Å². The molecule has 116 valence electrons. The van der Waals surface area contributed by atoms with Gasteiger partial charge in [-0.15, -0.1) is 0 Å². The van der Waals surface area contributed by atoms with Crippen molar-refractivity contribution in [2.45, 2.75) is 25.3 Å². The van der Waals surface area contributed by atoms with Crippen LogP contribution >= 0.6 is 0 Å². The van der Waals surface area contributed by atoms with Gasteiger partial charge in [-0.1, -0.05) is 0 Å². The van der Waals surface area contributed by atoms with Crippen molar-refractivity contribution < 1.29 is 14.3 Å². The van der Waals surface area contributed by atoms with Crippen LogP contribution in [-0.4, -0.2) is 41.3 Å². The van der Waals surface area contributed by atoms with Gasteiger partial charge in [0, 0.05) is 24.2 Å². The standard InChI is InChI=1S/C15H18N4O3/c1-21-13-6-5-11(15(18-13)22-2)14(20)17-10-4-3-9-8-16-19-12(9)7-10/h5-6,8,10H,3-4,7H2,1-2H3,(H,16,19)(H,17,20)/t10-/m1/s1. The minimum Gasteiger partial charge on any atom is -0.481 e. The molecular formula is C15H18N4O3. The lowest BCUT2D eigenvalue weighted by Gasteiger charge is -2.23. The maximum absolute atomic E-state index is 12.4. The first kappa shape index (κ1) is 14.4. The topological polar surface area (TPSA) is 89.1 Å². The number of aromatic nitrogens is 3. The lowest BCUT2D eigenvalue weighted by Crippen LogP contribution is -2.39. The number of hydrogen-bond acceptors (Lipinski definition) is 5. The summed E-state index contributed by atoms with van der Waals surface area (Å²) in [6, 6.07) is 3.38. The van der Waals surface area contributed by atoms with Gasteiger partial charge in [0.15, 0.2) is 0 Å². The van der Waals surface area contributed by atoms with E-state index in [1.54, 1.807) is 12.1 Å². The fourth-order valence-corrected chi connectivity index (χ4v) is 2.66. The monoisotopic (exact) mass is 302 g/mol. The Morgan fingerprint density at radius 2 is 2.23 bits per heavy atom. The number of ether oxygens (including phenoxy) is 2. The number of fused-ring (bicyclic) bond motifs is 1. The van der Waals surface area contributed by atoms with Crippen LogP contribution in [0.15, 0.2) is 18.3 Å². The fraction of sp³-hybridized carbons (Fsp3) is 0.400. The summed E-state index contributed by atoms with van der Waals surface area (Å²) in [7, 11) is 3.00. The van der Waals surface area contributed by atoms with E-state index in [2.05, 4.69) is 20.5 Å². The van der Waals surface area contributed by atoms with Crippen LogP contribution in [0.25, 0.3) is 0 Å². The van der Waals surface area contributed by atoms with Crippen LogP contribution in [0.3, 0.4) is 0 Å². The molecule has 2 heterocycles. The average molecular weight is 302 g/mol. The molecule has 0 unspecified atom stereocenters. The van der Waals surface area contributed by atoms with Crippen molar-refractivity contribution in [2.75, 3.05) is 14.2 Å². The minimum absolute atomic E-state index is 0.0762. The number of rotatable bonds is 4. The number of methoxy groups -OCH3 is 2. The Labute approximate surface area is 128 Å². The van der Waals surface area contributed by atoms with Crippen molar-refractivity contribution in [1.29, 1.82) is 0 Å². The summed E-state index contributed by atoms with van der Waals surface area (Å²) in [5.74, 6) is 0.475. The SMILES string of the molecule is COc1ccc(C(=O)N[C@@H]2CCc3cn[nH]c3C2)c(OC)n1. The van der Waals surface area contributed by atoms with Crippen molar-refractivity contribution >= 4 is 5.91 Å². The molecule has 0 saturated heterocycles. The number of nitrogens with zero attached hydrogens (tertiary/aromatic N) is 2. The van der Waals surface area contributed by atoms with Gasteiger partial charge >= 0.3 is 0 Å². The van der Waals surface area contributed by atoms with Gasteiger partial charge in [0.1, 0.15) is 5.56 Å². The number of aryl methyl sites for hydroxylation is 1. The van der Waals surface area contributed by atoms with Gasteiger partial charge in [0.2, 0.25) is 11.8 Å². The van der Waals surface area contributed by atoms with Gasteiger partial charge in [0.05, 0.1) is 20.4 Å². The van der Waals surface area contributed by atoms with E-state index in [-0.39, 0.29) is 17.8 Å². The number of H-pyrrole nitrogens is 1. The highest BCUT2D eigenvalue weighted by molar-refractivity contribution is 5.96. The highest BCUT2D eigenvalue weighted by Gasteiger charge is 2.23. The molecule has 7 heteroatoms. The highest BCUT2D eigenvalue weighted by atomic mass is 16.5. The molecule has 0 radical (unpaired) electrons. The first-order chi connectivity index (χ1) is 10.7. The van der Waals surface area contributed by atoms with Crippen LogP contribution in [0.2, 0.25) is 0 Å². The summed E-state index contributed by atoms with van der Waals surface area (Å²) in [6.07, 6.45) is 4.41. The summed E-state index contributed by atoms with van der Waals surface area (Å²) in [6.45, 7) is 0. The molecule has 1 amide bonds. The van der Waals surface area contributed by atoms with Crippen LogP contribution in [0.4, 0.5) is 0 Å². The number of pyridine rings is 1. The van der Waals surface area contributed by atoms with E-state index in [0.717, 1.165) is 25.0 Å². The minimum atomic E-state index is -0.194. The maximum atomic E-state index is 12.4. The van der Waals surface area contributed by atoms with Crippen molar-refractivity contribution in [2.24, 2.45) is 0 Å². The Morgan fingerprint density at radius 3 is 3.00 bits per heavy atom. The molecule has 1 aliphatic carbocycles. The molecule has 0 bridgehead atoms. The van der Waals surface area contributed by atoms with Gasteiger partial charge in [-0.05, 0) is 24.5 Å². The Morgan fingerprint density at radius 1 is 1.36 bits per heavy atom. The number of carbonyl (C=O) groups excluding carboxylic acids is 1. The second-order valence-corrected chi connectivity index (χ2v) is 5.20. The molecular weight excluding hydrogens is 284 g/mol. The molecule has 1 atom stereocenters. The predicted octanol–water partition coefficient (Wildman–Crippen LogP) is 1.11. The molecule has 3 rings (SSSR count). The fourth-order valence-electron chi connectivity index (χ4n) is 2.66. The summed E-state index contributed by atoms with van der Waals surface area (Å²) < 4.78 is 10.2. The average Bonchev–Trinajstić information content (AvgIpc) is 3.01. The summed E-state index contributed by atoms with van der Waals surface area (Å²) in [5.41, 5.74) is 2.73. The zero-order chi connectivity index (χ0) is 15.5. The predicted molar refractivity (Wildman–Crippen MR) is 79.2 cm³/mol. The van der Waals surface area contributed by atoms with E-state index in [1.165, 1.54) is 19.8 Å². The largest absolute Gasteiger partial charge is 0.481 e. The molecule has 0 aliphatic heterocycles. The highest BCUT2D eigenvalue weighted by Crippen LogP contribution is 2.22. The quantitative estimate of drug-likeness (QED) is 0.883. The smallest absolute Gasteiger partial charge is 0.257 e. The van der Waals surface area contributed by atoms with E-state index in [0.29, 0.717) is 11.4 Å². The molecule has 0 fully saturated rings. The van der Waals surface area contributed by atoms with Crippen molar-refractivity contribution in [3.05, 3.63) is 35.2 Å². The number of carbonyl (C=O) groups is 1. The maximum Gasteiger partial charge on any atom is 0.257 e. The molecule has 2 aromatic rings. The van der Waals surface area contributed by atoms with E-state index >= 15 is 0 Å². The van der Waals surface area contributed by atoms with Crippen LogP contribution in [0, 0.1) is 0 Å². The molecule has 1 aliphatic rings. The molecule has 7 nitrogen and oxygen atoms in total. The van der Waals surface area contributed by atoms with Gasteiger partial charge in [0.25, 0.3) is 5.91 Å². The normalized spacial score (nSPS) is 16.7.